The van der Waals surface area contributed by atoms with Gasteiger partial charge in [0.2, 0.25) is 0 Å². The largest absolute Gasteiger partial charge is 0.448 e. The van der Waals surface area contributed by atoms with Gasteiger partial charge in [0.15, 0.2) is 0 Å². The molecular weight excluding hydrogens is 1470 g/mol. The minimum absolute atomic E-state index is 0.194. The van der Waals surface area contributed by atoms with Crippen molar-refractivity contribution in [3.63, 3.8) is 0 Å². The average Bonchev–Trinajstić information content (AvgIpc) is 1.77. The van der Waals surface area contributed by atoms with E-state index in [1.165, 1.54) is 60.8 Å². The molecule has 604 valence electrons. The Morgan fingerprint density at radius 1 is 0.225 bits per heavy atom. The van der Waals surface area contributed by atoms with Crippen molar-refractivity contribution in [2.75, 3.05) is 105 Å². The Hall–Kier alpha value is -12.5. The van der Waals surface area contributed by atoms with Crippen molar-refractivity contribution >= 4 is 89.5 Å². The minimum atomic E-state index is -1.09. The van der Waals surface area contributed by atoms with Gasteiger partial charge in [-0.3, -0.25) is 72.4 Å². The van der Waals surface area contributed by atoms with E-state index in [2.05, 4.69) is 26.6 Å². The molecule has 2 aromatic heterocycles. The molecule has 0 aliphatic carbocycles. The Balaban J connectivity index is 0.000000359. The first-order valence-electron chi connectivity index (χ1n) is 36.0. The van der Waals surface area contributed by atoms with Gasteiger partial charge in [-0.2, -0.15) is 0 Å². The number of alkyl carbamates (subject to hydrolysis) is 5. The second kappa shape index (κ2) is 46.0. The molecule has 111 heavy (non-hydrogen) atoms. The number of aliphatic hydroxyl groups is 1. The smallest absolute Gasteiger partial charge is 0.407 e. The van der Waals surface area contributed by atoms with Crippen LogP contribution < -0.4 is 60.7 Å². The highest BCUT2D eigenvalue weighted by Gasteiger charge is 2.28. The highest BCUT2D eigenvalue weighted by atomic mass is 16.6. The van der Waals surface area contributed by atoms with Gasteiger partial charge in [0.05, 0.1) is 45.9 Å². The SMILES string of the molecule is O=C(NCCCCCN1C(=O)C=CC1=O)OCCn1c(=O)n(CCO)c(=O)n(CCOC(=O)NCCCCCN2C(=O)C=CC2=O)c1=O.O=C(NCCCCCN1C(=O)C=CC1=O)OCCn1c(=O)n(CCOC(=O)NCCCCCN2C(=O)C=CC2=O)c(=O)n(CCOC(=O)NCCCCCN2C(=O)C=CC2=O)c1=O. The van der Waals surface area contributed by atoms with Gasteiger partial charge < -0.3 is 55.4 Å². The van der Waals surface area contributed by atoms with Crippen LogP contribution in [0.3, 0.4) is 0 Å². The van der Waals surface area contributed by atoms with Crippen LogP contribution in [0.2, 0.25) is 0 Å². The maximum absolute atomic E-state index is 13.4. The van der Waals surface area contributed by atoms with Crippen LogP contribution in [0.15, 0.2) is 89.5 Å². The van der Waals surface area contributed by atoms with Crippen LogP contribution in [-0.2, 0) is 111 Å². The molecule has 43 heteroatoms. The zero-order chi connectivity index (χ0) is 80.8. The van der Waals surface area contributed by atoms with Gasteiger partial charge in [-0.25, -0.2) is 80.1 Å². The number of hydrogen-bond donors (Lipinski definition) is 6. The van der Waals surface area contributed by atoms with Gasteiger partial charge in [0.1, 0.15) is 33.0 Å². The molecule has 2 aromatic rings. The van der Waals surface area contributed by atoms with Crippen molar-refractivity contribution in [1.82, 2.24) is 78.5 Å². The third-order valence-electron chi connectivity index (χ3n) is 17.0. The molecule has 15 amide bonds. The maximum atomic E-state index is 13.4. The van der Waals surface area contributed by atoms with Crippen LogP contribution in [0.25, 0.3) is 0 Å². The van der Waals surface area contributed by atoms with E-state index in [0.29, 0.717) is 124 Å². The lowest BCUT2D eigenvalue weighted by atomic mass is 10.2. The van der Waals surface area contributed by atoms with E-state index >= 15 is 0 Å². The number of nitrogens with zero attached hydrogens (tertiary/aromatic N) is 11. The molecule has 0 atom stereocenters. The van der Waals surface area contributed by atoms with E-state index in [4.69, 9.17) is 23.7 Å². The number of amides is 15. The van der Waals surface area contributed by atoms with E-state index in [9.17, 15) is 106 Å². The summed E-state index contributed by atoms with van der Waals surface area (Å²) in [7, 11) is 0. The van der Waals surface area contributed by atoms with Crippen molar-refractivity contribution in [2.24, 2.45) is 0 Å². The maximum Gasteiger partial charge on any atom is 0.407 e. The molecule has 0 aromatic carbocycles. The van der Waals surface area contributed by atoms with Crippen molar-refractivity contribution < 1.29 is 101 Å². The fourth-order valence-corrected chi connectivity index (χ4v) is 11.1. The van der Waals surface area contributed by atoms with E-state index in [1.54, 1.807) is 0 Å². The average molecular weight is 1560 g/mol. The van der Waals surface area contributed by atoms with E-state index < -0.39 is 144 Å². The van der Waals surface area contributed by atoms with Gasteiger partial charge in [-0.15, -0.1) is 0 Å². The molecule has 6 N–H and O–H groups in total. The molecule has 7 rings (SSSR count). The summed E-state index contributed by atoms with van der Waals surface area (Å²) < 4.78 is 29.4. The molecule has 0 fully saturated rings. The third-order valence-corrected chi connectivity index (χ3v) is 17.0. The number of hydrogen-bond acceptors (Lipinski definition) is 27. The minimum Gasteiger partial charge on any atom is -0.448 e. The summed E-state index contributed by atoms with van der Waals surface area (Å²) in [6, 6.07) is 0. The zero-order valence-corrected chi connectivity index (χ0v) is 60.9. The van der Waals surface area contributed by atoms with E-state index in [1.807, 2.05) is 0 Å². The molecular formula is C68H90N16O27. The first kappa shape index (κ1) is 87.4. The summed E-state index contributed by atoms with van der Waals surface area (Å²) >= 11 is 0. The Bertz CT molecular complexity index is 3840. The predicted molar refractivity (Wildman–Crippen MR) is 381 cm³/mol. The Morgan fingerprint density at radius 2 is 0.378 bits per heavy atom. The number of carbonyl (C=O) groups excluding carboxylic acids is 15. The van der Waals surface area contributed by atoms with Crippen LogP contribution in [0.5, 0.6) is 0 Å². The molecule has 0 saturated carbocycles. The van der Waals surface area contributed by atoms with Gasteiger partial charge in [0, 0.05) is 126 Å². The van der Waals surface area contributed by atoms with Gasteiger partial charge >= 0.3 is 64.6 Å². The number of nitrogens with one attached hydrogen (secondary N) is 5. The van der Waals surface area contributed by atoms with Crippen molar-refractivity contribution in [2.45, 2.75) is 136 Å². The number of aromatic nitrogens is 6. The molecule has 7 heterocycles. The standard InChI is InChI=1S/C39H51N9O15.C29H39N7O12/c49-28-10-11-29(50)43(28)19-7-1-4-16-40-34(55)61-25-22-46-37(58)47(23-26-62-35(56)41-17-5-2-8-20-44-30(51)12-13-31(44)52)39(60)48(38(46)59)24-27-63-36(57)42-18-6-3-9-21-45-32(53)14-15-33(45)54;37-18-15-34-27(44)35(16-19-47-25(42)30-11-3-1-5-13-32-21(38)7-8-22(32)39)29(46)36(28(34)45)17-20-48-26(43)31-12-4-2-6-14-33-23(40)9-10-24(33)41/h10-15H,1-9,16-27H2,(H,40,55)(H,41,56)(H,42,57);7-10,37H,1-6,11-20H2,(H,30,42)(H,31,43). The second-order valence-electron chi connectivity index (χ2n) is 24.8. The van der Waals surface area contributed by atoms with Crippen LogP contribution in [-0.4, -0.2) is 252 Å². The topological polar surface area (TPSA) is 531 Å². The molecule has 5 aliphatic rings. The number of carbonyl (C=O) groups is 15. The molecule has 0 saturated heterocycles. The van der Waals surface area contributed by atoms with Crippen molar-refractivity contribution in [3.8, 4) is 0 Å². The molecule has 0 bridgehead atoms. The highest BCUT2D eigenvalue weighted by molar-refractivity contribution is 6.15. The molecule has 0 radical (unpaired) electrons. The summed E-state index contributed by atoms with van der Waals surface area (Å²) in [6.07, 6.45) is 16.1. The summed E-state index contributed by atoms with van der Waals surface area (Å²) in [5.74, 6) is -3.71. The van der Waals surface area contributed by atoms with E-state index in [0.717, 1.165) is 24.5 Å². The Labute approximate surface area is 631 Å². The van der Waals surface area contributed by atoms with Crippen LogP contribution in [0.4, 0.5) is 24.0 Å². The third kappa shape index (κ3) is 27.9. The highest BCUT2D eigenvalue weighted by Crippen LogP contribution is 2.11. The van der Waals surface area contributed by atoms with Crippen LogP contribution >= 0.6 is 0 Å². The number of rotatable bonds is 47. The van der Waals surface area contributed by atoms with Gasteiger partial charge in [0.25, 0.3) is 59.1 Å². The monoisotopic (exact) mass is 1560 g/mol. The summed E-state index contributed by atoms with van der Waals surface area (Å²) in [4.78, 5) is 261. The van der Waals surface area contributed by atoms with Crippen molar-refractivity contribution in [3.05, 3.63) is 124 Å². The Morgan fingerprint density at radius 3 is 0.532 bits per heavy atom. The molecule has 5 aliphatic heterocycles. The number of aliphatic hydroxyl groups excluding tert-OH is 1. The number of ether oxygens (including phenoxy) is 5. The molecule has 0 unspecified atom stereocenters. The van der Waals surface area contributed by atoms with Gasteiger partial charge in [-0.05, 0) is 96.3 Å². The lowest BCUT2D eigenvalue weighted by molar-refractivity contribution is -0.138. The first-order valence-corrected chi connectivity index (χ1v) is 36.0. The number of imide groups is 5. The van der Waals surface area contributed by atoms with Gasteiger partial charge in [-0.1, -0.05) is 0 Å². The second-order valence-corrected chi connectivity index (χ2v) is 24.8. The molecule has 0 spiro atoms. The fourth-order valence-electron chi connectivity index (χ4n) is 11.1. The normalized spacial score (nSPS) is 14.2. The fraction of sp³-hybridized carbons (Fsp3) is 0.544. The van der Waals surface area contributed by atoms with Crippen LogP contribution in [0.1, 0.15) is 96.3 Å². The van der Waals surface area contributed by atoms with Crippen molar-refractivity contribution in [1.29, 1.82) is 0 Å². The summed E-state index contributed by atoms with van der Waals surface area (Å²) in [5, 5.41) is 21.9. The quantitative estimate of drug-likeness (QED) is 0.0212. The lowest BCUT2D eigenvalue weighted by Crippen LogP contribution is -2.55. The van der Waals surface area contributed by atoms with E-state index in [-0.39, 0.29) is 125 Å². The first-order chi connectivity index (χ1) is 53.3. The number of unbranched alkanes of at least 4 members (excludes halogenated alkanes) is 10. The predicted octanol–water partition coefficient (Wildman–Crippen LogP) is -3.56. The zero-order valence-electron chi connectivity index (χ0n) is 60.9. The summed E-state index contributed by atoms with van der Waals surface area (Å²) in [5.41, 5.74) is -6.31. The molecule has 43 nitrogen and oxygen atoms in total. The summed E-state index contributed by atoms with van der Waals surface area (Å²) in [6.45, 7) is -3.09. The lowest BCUT2D eigenvalue weighted by Gasteiger charge is -2.15. The Kier molecular flexibility index (Phi) is 36.3. The van der Waals surface area contributed by atoms with Crippen LogP contribution in [0, 0.1) is 0 Å².